The monoisotopic (exact) mass is 569 g/mol. The molecule has 4 aromatic rings. The number of amides is 1. The van der Waals surface area contributed by atoms with Crippen LogP contribution in [0.1, 0.15) is 45.9 Å². The Kier molecular flexibility index (Phi) is 7.97. The second-order valence-corrected chi connectivity index (χ2v) is 10.7. The second-order valence-electron chi connectivity index (χ2n) is 9.66. The smallest absolute Gasteiger partial charge is 0.416 e. The van der Waals surface area contributed by atoms with E-state index in [1.54, 1.807) is 43.5 Å². The van der Waals surface area contributed by atoms with Crippen LogP contribution >= 0.6 is 11.3 Å². The first-order valence-electron chi connectivity index (χ1n) is 12.2. The molecule has 0 aliphatic heterocycles. The highest BCUT2D eigenvalue weighted by Crippen LogP contribution is 2.34. The number of aromatic nitrogens is 2. The molecule has 0 saturated carbocycles. The molecule has 40 heavy (non-hydrogen) atoms. The Hall–Kier alpha value is -4.25. The van der Waals surface area contributed by atoms with Crippen molar-refractivity contribution in [3.05, 3.63) is 94.1 Å². The molecule has 4 rings (SSSR count). The van der Waals surface area contributed by atoms with Gasteiger partial charge in [0.05, 0.1) is 17.8 Å². The molecule has 2 aromatic heterocycles. The number of carbonyl (C=O) groups excluding carboxylic acids is 1. The fourth-order valence-electron chi connectivity index (χ4n) is 3.70. The van der Waals surface area contributed by atoms with E-state index in [1.807, 2.05) is 13.0 Å². The topological polar surface area (TPSA) is 92.6 Å². The van der Waals surface area contributed by atoms with Crippen LogP contribution in [0.25, 0.3) is 10.6 Å². The van der Waals surface area contributed by atoms with E-state index in [1.165, 1.54) is 30.9 Å². The van der Waals surface area contributed by atoms with E-state index >= 15 is 0 Å². The van der Waals surface area contributed by atoms with Gasteiger partial charge in [0.25, 0.3) is 5.91 Å². The summed E-state index contributed by atoms with van der Waals surface area (Å²) < 4.78 is 44.5. The Morgan fingerprint density at radius 2 is 1.62 bits per heavy atom. The average Bonchev–Trinajstić information content (AvgIpc) is 3.29. The van der Waals surface area contributed by atoms with Crippen molar-refractivity contribution >= 4 is 29.0 Å². The van der Waals surface area contributed by atoms with Crippen molar-refractivity contribution in [1.82, 2.24) is 9.97 Å². The van der Waals surface area contributed by atoms with Gasteiger partial charge in [-0.1, -0.05) is 30.3 Å². The van der Waals surface area contributed by atoms with E-state index in [0.717, 1.165) is 34.6 Å². The van der Waals surface area contributed by atoms with Crippen molar-refractivity contribution in [2.24, 2.45) is 0 Å². The summed E-state index contributed by atoms with van der Waals surface area (Å²) in [5.41, 5.74) is 0.393. The van der Waals surface area contributed by atoms with Gasteiger partial charge in [-0.15, -0.1) is 11.3 Å². The van der Waals surface area contributed by atoms with Gasteiger partial charge < -0.3 is 9.84 Å². The second kappa shape index (κ2) is 11.1. The van der Waals surface area contributed by atoms with Crippen LogP contribution in [-0.2, 0) is 17.5 Å². The van der Waals surface area contributed by atoms with E-state index in [-0.39, 0.29) is 12.5 Å². The number of aliphatic carboxylic acids is 1. The van der Waals surface area contributed by atoms with Gasteiger partial charge in [0.1, 0.15) is 21.5 Å². The highest BCUT2D eigenvalue weighted by atomic mass is 32.1. The molecular weight excluding hydrogens is 543 g/mol. The van der Waals surface area contributed by atoms with Crippen molar-refractivity contribution in [2.75, 3.05) is 4.90 Å². The van der Waals surface area contributed by atoms with Crippen LogP contribution in [0, 0.1) is 13.8 Å². The summed E-state index contributed by atoms with van der Waals surface area (Å²) in [6, 6.07) is 14.9. The minimum Gasteiger partial charge on any atom is -0.478 e. The van der Waals surface area contributed by atoms with Gasteiger partial charge in [0.2, 0.25) is 0 Å². The normalized spacial score (nSPS) is 11.8. The Labute approximate surface area is 232 Å². The van der Waals surface area contributed by atoms with Crippen molar-refractivity contribution in [2.45, 2.75) is 46.0 Å². The number of ether oxygens (including phenoxy) is 1. The molecule has 208 valence electrons. The summed E-state index contributed by atoms with van der Waals surface area (Å²) in [5.74, 6) is -0.694. The maximum atomic E-state index is 13.8. The van der Waals surface area contributed by atoms with Crippen LogP contribution < -0.4 is 9.64 Å². The first-order chi connectivity index (χ1) is 18.7. The predicted octanol–water partition coefficient (Wildman–Crippen LogP) is 6.93. The number of anilines is 1. The van der Waals surface area contributed by atoms with Crippen molar-refractivity contribution < 1.29 is 32.6 Å². The molecule has 2 aromatic carbocycles. The van der Waals surface area contributed by atoms with Gasteiger partial charge in [-0.05, 0) is 69.2 Å². The largest absolute Gasteiger partial charge is 0.478 e. The van der Waals surface area contributed by atoms with E-state index in [2.05, 4.69) is 9.97 Å². The molecule has 0 atom stereocenters. The number of rotatable bonds is 8. The lowest BCUT2D eigenvalue weighted by Gasteiger charge is -2.23. The van der Waals surface area contributed by atoms with Crippen molar-refractivity contribution in [3.63, 3.8) is 0 Å². The third-order valence-corrected chi connectivity index (χ3v) is 7.21. The third kappa shape index (κ3) is 6.48. The number of halogens is 3. The van der Waals surface area contributed by atoms with Crippen LogP contribution in [0.2, 0.25) is 0 Å². The molecule has 0 spiro atoms. The summed E-state index contributed by atoms with van der Waals surface area (Å²) >= 11 is 1.10. The Bertz CT molecular complexity index is 1510. The number of thiazole rings is 1. The number of pyridine rings is 1. The van der Waals surface area contributed by atoms with Gasteiger partial charge in [-0.2, -0.15) is 13.2 Å². The van der Waals surface area contributed by atoms with Crippen molar-refractivity contribution in [1.29, 1.82) is 0 Å². The minimum absolute atomic E-state index is 0.143. The van der Waals surface area contributed by atoms with Gasteiger partial charge in [0.15, 0.2) is 5.60 Å². The fourth-order valence-corrected chi connectivity index (χ4v) is 4.72. The highest BCUT2D eigenvalue weighted by Gasteiger charge is 2.31. The molecule has 0 saturated heterocycles. The minimum atomic E-state index is -4.45. The molecule has 0 unspecified atom stereocenters. The summed E-state index contributed by atoms with van der Waals surface area (Å²) in [4.78, 5) is 35.9. The van der Waals surface area contributed by atoms with E-state index < -0.39 is 23.3 Å². The summed E-state index contributed by atoms with van der Waals surface area (Å²) in [5, 5.41) is 9.73. The lowest BCUT2D eigenvalue weighted by atomic mass is 10.1. The van der Waals surface area contributed by atoms with Gasteiger partial charge in [-0.25, -0.2) is 14.8 Å². The number of carboxylic acid groups (broad SMARTS) is 1. The molecule has 7 nitrogen and oxygen atoms in total. The van der Waals surface area contributed by atoms with Crippen LogP contribution in [0.4, 0.5) is 19.0 Å². The first kappa shape index (κ1) is 28.8. The van der Waals surface area contributed by atoms with Crippen LogP contribution in [0.15, 0.2) is 66.9 Å². The summed E-state index contributed by atoms with van der Waals surface area (Å²) in [6.45, 7) is 6.59. The zero-order valence-corrected chi connectivity index (χ0v) is 22.9. The SMILES string of the molecule is Cc1ccc(N(Cc2ccc(OC(C)(C)C(=O)O)cc2)C(=O)c2sc(-c3ccc(C(F)(F)F)cc3)nc2C)nc1. The molecule has 0 aliphatic carbocycles. The number of hydrogen-bond acceptors (Lipinski definition) is 6. The molecule has 0 aliphatic rings. The zero-order valence-electron chi connectivity index (χ0n) is 22.1. The number of alkyl halides is 3. The predicted molar refractivity (Wildman–Crippen MR) is 146 cm³/mol. The summed E-state index contributed by atoms with van der Waals surface area (Å²) in [6.07, 6.45) is -2.80. The van der Waals surface area contributed by atoms with Gasteiger partial charge >= 0.3 is 12.1 Å². The van der Waals surface area contributed by atoms with E-state index in [9.17, 15) is 27.9 Å². The van der Waals surface area contributed by atoms with E-state index in [4.69, 9.17) is 4.74 Å². The number of benzene rings is 2. The van der Waals surface area contributed by atoms with Gasteiger partial charge in [0, 0.05) is 11.8 Å². The number of hydrogen-bond donors (Lipinski definition) is 1. The fraction of sp³-hybridized carbons (Fsp3) is 0.241. The molecular formula is C29H26F3N3O4S. The maximum absolute atomic E-state index is 13.8. The number of nitrogens with zero attached hydrogens (tertiary/aromatic N) is 3. The number of carbonyl (C=O) groups is 2. The van der Waals surface area contributed by atoms with Crippen LogP contribution in [0.5, 0.6) is 5.75 Å². The van der Waals surface area contributed by atoms with Gasteiger partial charge in [-0.3, -0.25) is 9.69 Å². The molecule has 1 N–H and O–H groups in total. The maximum Gasteiger partial charge on any atom is 0.416 e. The number of aryl methyl sites for hydroxylation is 2. The first-order valence-corrected chi connectivity index (χ1v) is 13.0. The lowest BCUT2D eigenvalue weighted by Crippen LogP contribution is -2.37. The Morgan fingerprint density at radius 1 is 0.975 bits per heavy atom. The van der Waals surface area contributed by atoms with Crippen LogP contribution in [0.3, 0.4) is 0 Å². The number of carboxylic acids is 1. The lowest BCUT2D eigenvalue weighted by molar-refractivity contribution is -0.152. The standard InChI is InChI=1S/C29H26F3N3O4S/c1-17-5-14-23(33-15-17)35(16-19-6-12-22(13-7-19)39-28(3,4)27(37)38)26(36)24-18(2)34-25(40-24)20-8-10-21(11-9-20)29(30,31)32/h5-15H,16H2,1-4H3,(H,37,38). The van der Waals surface area contributed by atoms with Crippen LogP contribution in [-0.4, -0.2) is 32.6 Å². The zero-order chi connectivity index (χ0) is 29.2. The quantitative estimate of drug-likeness (QED) is 0.247. The average molecular weight is 570 g/mol. The van der Waals surface area contributed by atoms with Crippen molar-refractivity contribution in [3.8, 4) is 16.3 Å². The molecule has 0 fully saturated rings. The third-order valence-electron chi connectivity index (χ3n) is 6.02. The Morgan fingerprint density at radius 3 is 2.17 bits per heavy atom. The highest BCUT2D eigenvalue weighted by molar-refractivity contribution is 7.17. The molecule has 2 heterocycles. The van der Waals surface area contributed by atoms with E-state index in [0.29, 0.717) is 32.7 Å². The summed E-state index contributed by atoms with van der Waals surface area (Å²) in [7, 11) is 0. The molecule has 11 heteroatoms. The molecule has 0 radical (unpaired) electrons. The molecule has 1 amide bonds. The molecule has 0 bridgehead atoms. The Balaban J connectivity index is 1.63.